The lowest BCUT2D eigenvalue weighted by Gasteiger charge is -2.06. The van der Waals surface area contributed by atoms with Crippen molar-refractivity contribution in [2.75, 3.05) is 19.8 Å². The second-order valence-corrected chi connectivity index (χ2v) is 3.71. The first-order chi connectivity index (χ1) is 6.18. The summed E-state index contributed by atoms with van der Waals surface area (Å²) in [5, 5.41) is 2.54. The maximum Gasteiger partial charge on any atom is 0.232 e. The van der Waals surface area contributed by atoms with Gasteiger partial charge in [0, 0.05) is 19.8 Å². The fraction of sp³-hybridized carbons (Fsp3) is 0.889. The molecule has 1 unspecified atom stereocenters. The largest absolute Gasteiger partial charge is 0.381 e. The summed E-state index contributed by atoms with van der Waals surface area (Å²) in [6.45, 7) is 6.02. The second kappa shape index (κ2) is 8.38. The summed E-state index contributed by atoms with van der Waals surface area (Å²) < 4.78 is 5.25. The molecule has 1 amide bonds. The molecule has 3 nitrogen and oxygen atoms in total. The number of rotatable bonds is 7. The van der Waals surface area contributed by atoms with Gasteiger partial charge in [0.2, 0.25) is 5.91 Å². The Morgan fingerprint density at radius 3 is 2.77 bits per heavy atom. The Kier molecular flexibility index (Phi) is 8.24. The van der Waals surface area contributed by atoms with Gasteiger partial charge < -0.3 is 10.1 Å². The van der Waals surface area contributed by atoms with Crippen molar-refractivity contribution in [3.63, 3.8) is 0 Å². The molecule has 0 heterocycles. The summed E-state index contributed by atoms with van der Waals surface area (Å²) in [5.41, 5.74) is 0. The van der Waals surface area contributed by atoms with E-state index in [2.05, 4.69) is 24.9 Å². The van der Waals surface area contributed by atoms with Gasteiger partial charge in [0.1, 0.15) is 0 Å². The van der Waals surface area contributed by atoms with Gasteiger partial charge in [-0.25, -0.2) is 0 Å². The third-order valence-corrected chi connectivity index (χ3v) is 1.73. The third kappa shape index (κ3) is 8.12. The highest BCUT2D eigenvalue weighted by Crippen LogP contribution is 1.91. The first-order valence-electron chi connectivity index (χ1n) is 4.72. The molecule has 13 heavy (non-hydrogen) atoms. The molecule has 0 fully saturated rings. The molecule has 0 radical (unpaired) electrons. The van der Waals surface area contributed by atoms with Crippen LogP contribution in [0.2, 0.25) is 0 Å². The second-order valence-electron chi connectivity index (χ2n) is 2.93. The molecule has 0 aromatic rings. The van der Waals surface area contributed by atoms with Crippen LogP contribution in [-0.4, -0.2) is 30.9 Å². The third-order valence-electron chi connectivity index (χ3n) is 1.49. The highest BCUT2D eigenvalue weighted by molar-refractivity contribution is 7.81. The van der Waals surface area contributed by atoms with Gasteiger partial charge in [-0.15, -0.1) is 0 Å². The summed E-state index contributed by atoms with van der Waals surface area (Å²) >= 11 is 4.01. The number of thiol groups is 1. The number of ether oxygens (including phenoxy) is 1. The van der Waals surface area contributed by atoms with E-state index in [1.165, 1.54) is 0 Å². The van der Waals surface area contributed by atoms with Gasteiger partial charge in [-0.2, -0.15) is 12.6 Å². The molecule has 4 heteroatoms. The standard InChI is InChI=1S/C9H19NO2S/c1-3-6-12-7-4-5-10-9(11)8(2)13/h8,13H,3-7H2,1-2H3,(H,10,11). The van der Waals surface area contributed by atoms with Crippen LogP contribution in [0.4, 0.5) is 0 Å². The van der Waals surface area contributed by atoms with Gasteiger partial charge in [0.25, 0.3) is 0 Å². The predicted molar refractivity (Wildman–Crippen MR) is 57.2 cm³/mol. The molecule has 0 aromatic heterocycles. The van der Waals surface area contributed by atoms with Crippen LogP contribution in [-0.2, 0) is 9.53 Å². The van der Waals surface area contributed by atoms with Crippen LogP contribution >= 0.6 is 12.6 Å². The van der Waals surface area contributed by atoms with Crippen LogP contribution in [0.25, 0.3) is 0 Å². The Labute approximate surface area is 85.6 Å². The fourth-order valence-electron chi connectivity index (χ4n) is 0.780. The van der Waals surface area contributed by atoms with Crippen LogP contribution < -0.4 is 5.32 Å². The molecule has 1 N–H and O–H groups in total. The van der Waals surface area contributed by atoms with Crippen molar-refractivity contribution in [1.82, 2.24) is 5.32 Å². The minimum Gasteiger partial charge on any atom is -0.381 e. The highest BCUT2D eigenvalue weighted by atomic mass is 32.1. The van der Waals surface area contributed by atoms with E-state index in [1.807, 2.05) is 0 Å². The van der Waals surface area contributed by atoms with E-state index in [0.717, 1.165) is 26.1 Å². The quantitative estimate of drug-likeness (QED) is 0.485. The van der Waals surface area contributed by atoms with Crippen molar-refractivity contribution in [1.29, 1.82) is 0 Å². The molecule has 0 aliphatic heterocycles. The summed E-state index contributed by atoms with van der Waals surface area (Å²) in [7, 11) is 0. The number of carbonyl (C=O) groups excluding carboxylic acids is 1. The van der Waals surface area contributed by atoms with Crippen molar-refractivity contribution < 1.29 is 9.53 Å². The first-order valence-corrected chi connectivity index (χ1v) is 5.23. The topological polar surface area (TPSA) is 38.3 Å². The van der Waals surface area contributed by atoms with Crippen molar-refractivity contribution in [2.45, 2.75) is 31.9 Å². The van der Waals surface area contributed by atoms with Crippen molar-refractivity contribution >= 4 is 18.5 Å². The predicted octanol–water partition coefficient (Wildman–Crippen LogP) is 1.24. The Balaban J connectivity index is 3.12. The van der Waals surface area contributed by atoms with Crippen molar-refractivity contribution in [3.8, 4) is 0 Å². The molecule has 0 rings (SSSR count). The molecular weight excluding hydrogens is 186 g/mol. The van der Waals surface area contributed by atoms with Crippen LogP contribution in [0.5, 0.6) is 0 Å². The monoisotopic (exact) mass is 205 g/mol. The normalized spacial score (nSPS) is 12.5. The minimum atomic E-state index is -0.225. The van der Waals surface area contributed by atoms with Gasteiger partial charge >= 0.3 is 0 Å². The molecule has 0 saturated carbocycles. The van der Waals surface area contributed by atoms with Crippen LogP contribution in [0, 0.1) is 0 Å². The molecule has 0 spiro atoms. The summed E-state index contributed by atoms with van der Waals surface area (Å²) in [6, 6.07) is 0. The van der Waals surface area contributed by atoms with Gasteiger partial charge in [0.05, 0.1) is 5.25 Å². The maximum atomic E-state index is 11.0. The fourth-order valence-corrected chi connectivity index (χ4v) is 0.871. The average molecular weight is 205 g/mol. The molecule has 0 bridgehead atoms. The average Bonchev–Trinajstić information content (AvgIpc) is 2.10. The lowest BCUT2D eigenvalue weighted by Crippen LogP contribution is -2.30. The summed E-state index contributed by atoms with van der Waals surface area (Å²) in [4.78, 5) is 11.0. The van der Waals surface area contributed by atoms with Crippen LogP contribution in [0.15, 0.2) is 0 Å². The zero-order valence-corrected chi connectivity index (χ0v) is 9.27. The zero-order chi connectivity index (χ0) is 10.1. The molecule has 0 saturated heterocycles. The van der Waals surface area contributed by atoms with Gasteiger partial charge in [-0.05, 0) is 19.8 Å². The van der Waals surface area contributed by atoms with Gasteiger partial charge in [-0.3, -0.25) is 4.79 Å². The smallest absolute Gasteiger partial charge is 0.232 e. The molecule has 0 aliphatic rings. The van der Waals surface area contributed by atoms with Gasteiger partial charge in [-0.1, -0.05) is 6.92 Å². The SMILES string of the molecule is CCCOCCCNC(=O)C(C)S. The highest BCUT2D eigenvalue weighted by Gasteiger charge is 2.05. The van der Waals surface area contributed by atoms with E-state index in [0.29, 0.717) is 6.54 Å². The zero-order valence-electron chi connectivity index (χ0n) is 8.38. The van der Waals surface area contributed by atoms with E-state index in [-0.39, 0.29) is 11.2 Å². The Morgan fingerprint density at radius 2 is 2.23 bits per heavy atom. The van der Waals surface area contributed by atoms with Crippen LogP contribution in [0.3, 0.4) is 0 Å². The Bertz CT molecular complexity index is 140. The van der Waals surface area contributed by atoms with E-state index in [4.69, 9.17) is 4.74 Å². The number of amides is 1. The summed E-state index contributed by atoms with van der Waals surface area (Å²) in [6.07, 6.45) is 1.91. The maximum absolute atomic E-state index is 11.0. The Morgan fingerprint density at radius 1 is 1.54 bits per heavy atom. The Hall–Kier alpha value is -0.220. The molecular formula is C9H19NO2S. The van der Waals surface area contributed by atoms with E-state index in [9.17, 15) is 4.79 Å². The number of hydrogen-bond acceptors (Lipinski definition) is 3. The van der Waals surface area contributed by atoms with E-state index < -0.39 is 0 Å². The van der Waals surface area contributed by atoms with E-state index >= 15 is 0 Å². The first kappa shape index (κ1) is 12.8. The molecule has 0 aliphatic carbocycles. The molecule has 78 valence electrons. The lowest BCUT2D eigenvalue weighted by molar-refractivity contribution is -0.120. The molecule has 0 aromatic carbocycles. The van der Waals surface area contributed by atoms with Gasteiger partial charge in [0.15, 0.2) is 0 Å². The number of hydrogen-bond donors (Lipinski definition) is 2. The number of nitrogens with one attached hydrogen (secondary N) is 1. The summed E-state index contributed by atoms with van der Waals surface area (Å²) in [5.74, 6) is -0.0150. The molecule has 1 atom stereocenters. The van der Waals surface area contributed by atoms with E-state index in [1.54, 1.807) is 6.92 Å². The lowest BCUT2D eigenvalue weighted by atomic mass is 10.4. The minimum absolute atomic E-state index is 0.0150. The van der Waals surface area contributed by atoms with Crippen LogP contribution in [0.1, 0.15) is 26.7 Å². The van der Waals surface area contributed by atoms with Crippen molar-refractivity contribution in [2.24, 2.45) is 0 Å². The number of carbonyl (C=O) groups is 1. The van der Waals surface area contributed by atoms with Crippen molar-refractivity contribution in [3.05, 3.63) is 0 Å².